The highest BCUT2D eigenvalue weighted by atomic mass is 16.5. The van der Waals surface area contributed by atoms with Gasteiger partial charge in [-0.3, -0.25) is 24.1 Å². The second-order valence-corrected chi connectivity index (χ2v) is 6.94. The van der Waals surface area contributed by atoms with Gasteiger partial charge in [0.2, 0.25) is 17.7 Å². The number of esters is 1. The Kier molecular flexibility index (Phi) is 5.93. The molecule has 3 amide bonds. The summed E-state index contributed by atoms with van der Waals surface area (Å²) in [7, 11) is 1.26. The van der Waals surface area contributed by atoms with Gasteiger partial charge in [0.05, 0.1) is 31.5 Å². The second-order valence-electron chi connectivity index (χ2n) is 6.94. The first kappa shape index (κ1) is 19.8. The lowest BCUT2D eigenvalue weighted by Crippen LogP contribution is -2.58. The molecular weight excluding hydrogens is 364 g/mol. The number of piperazine rings is 1. The van der Waals surface area contributed by atoms with Crippen molar-refractivity contribution in [1.82, 2.24) is 10.2 Å². The fraction of sp³-hybridized carbons (Fsp3) is 0.474. The average Bonchev–Trinajstić information content (AvgIpc) is 2.78. The van der Waals surface area contributed by atoms with Crippen molar-refractivity contribution < 1.29 is 23.9 Å². The minimum atomic E-state index is -0.762. The Morgan fingerprint density at radius 2 is 2.00 bits per heavy atom. The summed E-state index contributed by atoms with van der Waals surface area (Å²) in [4.78, 5) is 52.5. The summed E-state index contributed by atoms with van der Waals surface area (Å²) in [6.07, 6.45) is 0.0499. The number of nitrogens with one attached hydrogen (secondary N) is 2. The average molecular weight is 388 g/mol. The van der Waals surface area contributed by atoms with Crippen LogP contribution in [0.25, 0.3) is 0 Å². The van der Waals surface area contributed by atoms with E-state index in [2.05, 4.69) is 15.4 Å². The smallest absolute Gasteiger partial charge is 0.307 e. The number of anilines is 2. The molecule has 150 valence electrons. The summed E-state index contributed by atoms with van der Waals surface area (Å²) in [5.74, 6) is -1.20. The zero-order chi connectivity index (χ0) is 20.3. The third kappa shape index (κ3) is 4.14. The van der Waals surface area contributed by atoms with E-state index in [0.29, 0.717) is 24.5 Å². The van der Waals surface area contributed by atoms with Crippen molar-refractivity contribution in [3.8, 4) is 0 Å². The van der Waals surface area contributed by atoms with Crippen molar-refractivity contribution in [2.45, 2.75) is 31.8 Å². The number of amides is 3. The summed E-state index contributed by atoms with van der Waals surface area (Å²) in [5, 5.41) is 5.54. The van der Waals surface area contributed by atoms with Crippen LogP contribution in [-0.2, 0) is 23.9 Å². The number of benzene rings is 1. The molecule has 2 atom stereocenters. The highest BCUT2D eigenvalue weighted by Crippen LogP contribution is 2.31. The molecule has 28 heavy (non-hydrogen) atoms. The van der Waals surface area contributed by atoms with Gasteiger partial charge in [-0.15, -0.1) is 0 Å². The molecule has 1 aromatic carbocycles. The second kappa shape index (κ2) is 8.39. The quantitative estimate of drug-likeness (QED) is 0.709. The third-order valence-corrected chi connectivity index (χ3v) is 5.00. The van der Waals surface area contributed by atoms with Crippen LogP contribution in [0.15, 0.2) is 24.3 Å². The number of methoxy groups -OCH3 is 1. The fourth-order valence-corrected chi connectivity index (χ4v) is 3.63. The summed E-state index contributed by atoms with van der Waals surface area (Å²) in [6.45, 7) is 2.62. The van der Waals surface area contributed by atoms with Crippen LogP contribution in [0.2, 0.25) is 0 Å². The molecule has 9 heteroatoms. The normalized spacial score (nSPS) is 22.6. The molecule has 0 spiro atoms. The van der Waals surface area contributed by atoms with Gasteiger partial charge in [0.15, 0.2) is 0 Å². The summed E-state index contributed by atoms with van der Waals surface area (Å²) in [6, 6.07) is 6.03. The lowest BCUT2D eigenvalue weighted by Gasteiger charge is -2.36. The lowest BCUT2D eigenvalue weighted by atomic mass is 10.1. The number of hydrogen-bond donors (Lipinski definition) is 2. The van der Waals surface area contributed by atoms with Crippen molar-refractivity contribution >= 4 is 35.1 Å². The summed E-state index contributed by atoms with van der Waals surface area (Å²) in [5.41, 5.74) is 1.20. The van der Waals surface area contributed by atoms with Crippen molar-refractivity contribution in [1.29, 1.82) is 0 Å². The zero-order valence-corrected chi connectivity index (χ0v) is 15.9. The van der Waals surface area contributed by atoms with E-state index in [-0.39, 0.29) is 43.1 Å². The molecule has 2 heterocycles. The fourth-order valence-electron chi connectivity index (χ4n) is 3.63. The van der Waals surface area contributed by atoms with E-state index < -0.39 is 12.0 Å². The number of rotatable bonds is 4. The topological polar surface area (TPSA) is 108 Å². The van der Waals surface area contributed by atoms with Crippen molar-refractivity contribution in [3.63, 3.8) is 0 Å². The molecule has 1 fully saturated rings. The van der Waals surface area contributed by atoms with Crippen molar-refractivity contribution in [2.75, 3.05) is 37.0 Å². The Morgan fingerprint density at radius 1 is 1.25 bits per heavy atom. The molecule has 1 saturated heterocycles. The summed E-state index contributed by atoms with van der Waals surface area (Å²) < 4.78 is 4.68. The molecule has 3 rings (SSSR count). The number of carbonyl (C=O) groups is 4. The molecule has 0 bridgehead atoms. The Hall–Kier alpha value is -2.94. The standard InChI is InChI=1S/C19H24N4O5/c1-12-9-16(24)21-13-5-3-4-6-14(13)23(12)17(25)11-22-8-7-20-19(27)15(22)10-18(26)28-2/h3-6,12,15H,7-11H2,1-2H3,(H,20,27)(H,21,24)/t12-,15-/m0/s1. The predicted molar refractivity (Wildman–Crippen MR) is 102 cm³/mol. The van der Waals surface area contributed by atoms with Crippen LogP contribution in [0, 0.1) is 0 Å². The number of hydrogen-bond acceptors (Lipinski definition) is 6. The molecule has 0 aliphatic carbocycles. The molecule has 0 unspecified atom stereocenters. The van der Waals surface area contributed by atoms with Crippen molar-refractivity contribution in [2.24, 2.45) is 0 Å². The van der Waals surface area contributed by atoms with E-state index in [1.165, 1.54) is 7.11 Å². The van der Waals surface area contributed by atoms with Gasteiger partial charge >= 0.3 is 5.97 Å². The van der Waals surface area contributed by atoms with Crippen LogP contribution in [0.3, 0.4) is 0 Å². The highest BCUT2D eigenvalue weighted by Gasteiger charge is 2.36. The van der Waals surface area contributed by atoms with Crippen LogP contribution in [-0.4, -0.2) is 67.4 Å². The Labute approximate surface area is 163 Å². The number of para-hydroxylation sites is 2. The first-order valence-electron chi connectivity index (χ1n) is 9.20. The van der Waals surface area contributed by atoms with E-state index in [4.69, 9.17) is 0 Å². The maximum atomic E-state index is 13.2. The van der Waals surface area contributed by atoms with Gasteiger partial charge < -0.3 is 20.3 Å². The number of ether oxygens (including phenoxy) is 1. The van der Waals surface area contributed by atoms with Crippen LogP contribution in [0.5, 0.6) is 0 Å². The molecule has 0 saturated carbocycles. The van der Waals surface area contributed by atoms with E-state index in [9.17, 15) is 19.2 Å². The molecule has 1 aromatic rings. The largest absolute Gasteiger partial charge is 0.469 e. The Balaban J connectivity index is 1.83. The monoisotopic (exact) mass is 388 g/mol. The minimum absolute atomic E-state index is 0.0397. The molecule has 2 aliphatic heterocycles. The van der Waals surface area contributed by atoms with Gasteiger partial charge in [-0.05, 0) is 19.1 Å². The molecule has 0 radical (unpaired) electrons. The SMILES string of the molecule is COC(=O)C[C@H]1C(=O)NCCN1CC(=O)N1c2ccccc2NC(=O)C[C@@H]1C. The molecular formula is C19H24N4O5. The van der Waals surface area contributed by atoms with Gasteiger partial charge in [0.25, 0.3) is 0 Å². The van der Waals surface area contributed by atoms with Crippen LogP contribution < -0.4 is 15.5 Å². The minimum Gasteiger partial charge on any atom is -0.469 e. The van der Waals surface area contributed by atoms with Crippen molar-refractivity contribution in [3.05, 3.63) is 24.3 Å². The first-order chi connectivity index (χ1) is 13.4. The van der Waals surface area contributed by atoms with Gasteiger partial charge in [-0.1, -0.05) is 12.1 Å². The summed E-state index contributed by atoms with van der Waals surface area (Å²) >= 11 is 0. The number of fused-ring (bicyclic) bond motifs is 1. The maximum Gasteiger partial charge on any atom is 0.307 e. The van der Waals surface area contributed by atoms with Gasteiger partial charge in [0.1, 0.15) is 6.04 Å². The molecule has 2 aliphatic rings. The molecule has 0 aromatic heterocycles. The van der Waals surface area contributed by atoms with Crippen LogP contribution >= 0.6 is 0 Å². The Bertz CT molecular complexity index is 796. The lowest BCUT2D eigenvalue weighted by molar-refractivity contribution is -0.146. The number of nitrogens with zero attached hydrogens (tertiary/aromatic N) is 2. The predicted octanol–water partition coefficient (Wildman–Crippen LogP) is 0.114. The molecule has 9 nitrogen and oxygen atoms in total. The first-order valence-corrected chi connectivity index (χ1v) is 9.20. The Morgan fingerprint density at radius 3 is 2.75 bits per heavy atom. The van der Waals surface area contributed by atoms with Gasteiger partial charge in [-0.2, -0.15) is 0 Å². The number of carbonyl (C=O) groups excluding carboxylic acids is 4. The van der Waals surface area contributed by atoms with Gasteiger partial charge in [-0.25, -0.2) is 0 Å². The van der Waals surface area contributed by atoms with E-state index in [0.717, 1.165) is 0 Å². The van der Waals surface area contributed by atoms with Crippen LogP contribution in [0.4, 0.5) is 11.4 Å². The van der Waals surface area contributed by atoms with E-state index in [1.54, 1.807) is 34.1 Å². The highest BCUT2D eigenvalue weighted by molar-refractivity contribution is 6.05. The third-order valence-electron chi connectivity index (χ3n) is 5.00. The zero-order valence-electron chi connectivity index (χ0n) is 15.9. The van der Waals surface area contributed by atoms with Gasteiger partial charge in [0, 0.05) is 25.6 Å². The maximum absolute atomic E-state index is 13.2. The van der Waals surface area contributed by atoms with E-state index in [1.807, 2.05) is 6.92 Å². The molecule has 2 N–H and O–H groups in total. The van der Waals surface area contributed by atoms with Crippen LogP contribution in [0.1, 0.15) is 19.8 Å². The van der Waals surface area contributed by atoms with E-state index >= 15 is 0 Å².